The minimum atomic E-state index is 0.260. The zero-order chi connectivity index (χ0) is 13.4. The fraction of sp³-hybridized carbons (Fsp3) is 0.600. The minimum absolute atomic E-state index is 0.260. The van der Waals surface area contributed by atoms with Gasteiger partial charge in [0.25, 0.3) is 0 Å². The van der Waals surface area contributed by atoms with Crippen molar-refractivity contribution in [1.29, 1.82) is 0 Å². The molecule has 2 unspecified atom stereocenters. The van der Waals surface area contributed by atoms with Gasteiger partial charge < -0.3 is 5.73 Å². The van der Waals surface area contributed by atoms with E-state index in [4.69, 9.17) is 5.73 Å². The van der Waals surface area contributed by atoms with Crippen molar-refractivity contribution in [1.82, 2.24) is 4.90 Å². The first-order chi connectivity index (χ1) is 9.16. The number of hydrogen-bond acceptors (Lipinski definition) is 2. The lowest BCUT2D eigenvalue weighted by Crippen LogP contribution is -2.41. The quantitative estimate of drug-likeness (QED) is 0.822. The number of nitrogens with zero attached hydrogens (tertiary/aromatic N) is 1. The first-order valence-electron chi connectivity index (χ1n) is 7.13. The smallest absolute Gasteiger partial charge is 0.0502 e. The van der Waals surface area contributed by atoms with Gasteiger partial charge in [0.15, 0.2) is 0 Å². The van der Waals surface area contributed by atoms with E-state index in [-0.39, 0.29) is 6.04 Å². The summed E-state index contributed by atoms with van der Waals surface area (Å²) in [6, 6.07) is 8.00. The Morgan fingerprint density at radius 3 is 2.53 bits per heavy atom. The van der Waals surface area contributed by atoms with Gasteiger partial charge in [0.1, 0.15) is 0 Å². The predicted molar refractivity (Wildman–Crippen MR) is 86.1 cm³/mol. The van der Waals surface area contributed by atoms with Crippen LogP contribution in [-0.2, 0) is 0 Å². The Bertz CT molecular complexity index is 459. The van der Waals surface area contributed by atoms with E-state index in [2.05, 4.69) is 55.0 Å². The zero-order valence-corrected chi connectivity index (χ0v) is 14.2. The van der Waals surface area contributed by atoms with Gasteiger partial charge in [-0.3, -0.25) is 4.90 Å². The van der Waals surface area contributed by atoms with Crippen molar-refractivity contribution in [3.63, 3.8) is 0 Å². The van der Waals surface area contributed by atoms with Gasteiger partial charge in [-0.05, 0) is 81.8 Å². The predicted octanol–water partition coefficient (Wildman–Crippen LogP) is 4.23. The number of hydrogen-bond donors (Lipinski definition) is 1. The van der Waals surface area contributed by atoms with Gasteiger partial charge >= 0.3 is 0 Å². The third-order valence-electron chi connectivity index (χ3n) is 4.27. The molecule has 1 aromatic carbocycles. The Kier molecular flexibility index (Phi) is 4.32. The molecule has 0 bridgehead atoms. The van der Waals surface area contributed by atoms with Gasteiger partial charge in [0.2, 0.25) is 0 Å². The lowest BCUT2D eigenvalue weighted by atomic mass is 9.96. The van der Waals surface area contributed by atoms with E-state index < -0.39 is 0 Å². The molecule has 3 rings (SSSR count). The van der Waals surface area contributed by atoms with Crippen LogP contribution in [0.25, 0.3) is 0 Å². The molecule has 1 saturated heterocycles. The molecule has 0 amide bonds. The second-order valence-electron chi connectivity index (χ2n) is 5.75. The average Bonchev–Trinajstić information content (AvgIpc) is 3.20. The Hall–Kier alpha value is 0.1000. The normalized spacial score (nSPS) is 29.2. The van der Waals surface area contributed by atoms with E-state index in [1.807, 2.05) is 0 Å². The van der Waals surface area contributed by atoms with Crippen molar-refractivity contribution in [2.24, 2.45) is 5.73 Å². The maximum absolute atomic E-state index is 6.49. The van der Waals surface area contributed by atoms with Crippen molar-refractivity contribution in [2.45, 2.75) is 50.2 Å². The molecule has 0 spiro atoms. The third-order valence-corrected chi connectivity index (χ3v) is 6.15. The molecule has 2 fully saturated rings. The second kappa shape index (κ2) is 5.84. The monoisotopic (exact) mass is 386 g/mol. The lowest BCUT2D eigenvalue weighted by Gasteiger charge is -2.34. The van der Waals surface area contributed by atoms with Crippen molar-refractivity contribution >= 4 is 31.9 Å². The average molecular weight is 388 g/mol. The summed E-state index contributed by atoms with van der Waals surface area (Å²) >= 11 is 7.17. The molecule has 4 heteroatoms. The molecule has 0 aromatic heterocycles. The highest BCUT2D eigenvalue weighted by Gasteiger charge is 2.38. The summed E-state index contributed by atoms with van der Waals surface area (Å²) in [4.78, 5) is 2.66. The maximum Gasteiger partial charge on any atom is 0.0502 e. The molecule has 2 aliphatic rings. The Morgan fingerprint density at radius 1 is 1.05 bits per heavy atom. The van der Waals surface area contributed by atoms with Gasteiger partial charge in [-0.1, -0.05) is 12.5 Å². The van der Waals surface area contributed by atoms with Crippen LogP contribution in [0.1, 0.15) is 43.7 Å². The van der Waals surface area contributed by atoms with E-state index in [1.165, 1.54) is 37.8 Å². The molecule has 2 N–H and O–H groups in total. The van der Waals surface area contributed by atoms with Crippen molar-refractivity contribution in [3.8, 4) is 0 Å². The molecule has 1 aliphatic heterocycles. The number of likely N-dealkylation sites (tertiary alicyclic amines) is 1. The first-order valence-corrected chi connectivity index (χ1v) is 8.71. The molecule has 2 nitrogen and oxygen atoms in total. The van der Waals surface area contributed by atoms with Crippen LogP contribution >= 0.6 is 31.9 Å². The van der Waals surface area contributed by atoms with Crippen LogP contribution in [0.4, 0.5) is 0 Å². The standard InChI is InChI=1S/C15H20Br2N2/c16-12-7-4-10(9-13(12)17)15-14(18)3-1-2-8-19(15)11-5-6-11/h4,7,9,11,14-15H,1-3,5-6,8,18H2. The molecule has 1 aliphatic carbocycles. The van der Waals surface area contributed by atoms with Gasteiger partial charge in [-0.15, -0.1) is 0 Å². The minimum Gasteiger partial charge on any atom is -0.326 e. The number of benzene rings is 1. The number of nitrogens with two attached hydrogens (primary N) is 1. The fourth-order valence-electron chi connectivity index (χ4n) is 3.17. The van der Waals surface area contributed by atoms with Gasteiger partial charge in [0, 0.05) is 21.0 Å². The van der Waals surface area contributed by atoms with Crippen LogP contribution in [0.15, 0.2) is 27.1 Å². The van der Waals surface area contributed by atoms with Crippen molar-refractivity contribution in [3.05, 3.63) is 32.7 Å². The highest BCUT2D eigenvalue weighted by atomic mass is 79.9. The SMILES string of the molecule is NC1CCCCN(C2CC2)C1c1ccc(Br)c(Br)c1. The van der Waals surface area contributed by atoms with Gasteiger partial charge in [0.05, 0.1) is 6.04 Å². The summed E-state index contributed by atoms with van der Waals surface area (Å²) in [7, 11) is 0. The Labute approximate surface area is 132 Å². The van der Waals surface area contributed by atoms with Crippen LogP contribution in [0.2, 0.25) is 0 Å². The Morgan fingerprint density at radius 2 is 1.84 bits per heavy atom. The second-order valence-corrected chi connectivity index (χ2v) is 7.46. The summed E-state index contributed by atoms with van der Waals surface area (Å²) in [6.07, 6.45) is 6.39. The Balaban J connectivity index is 1.93. The first kappa shape index (κ1) is 14.1. The zero-order valence-electron chi connectivity index (χ0n) is 11.0. The molecule has 1 aromatic rings. The molecule has 19 heavy (non-hydrogen) atoms. The van der Waals surface area contributed by atoms with Crippen LogP contribution < -0.4 is 5.73 Å². The van der Waals surface area contributed by atoms with Gasteiger partial charge in [-0.25, -0.2) is 0 Å². The highest BCUT2D eigenvalue weighted by Crippen LogP contribution is 2.39. The summed E-state index contributed by atoms with van der Waals surface area (Å²) < 4.78 is 2.23. The number of halogens is 2. The maximum atomic E-state index is 6.49. The molecular weight excluding hydrogens is 368 g/mol. The van der Waals surface area contributed by atoms with Crippen LogP contribution in [0.5, 0.6) is 0 Å². The van der Waals surface area contributed by atoms with Crippen LogP contribution in [0, 0.1) is 0 Å². The molecule has 1 saturated carbocycles. The van der Waals surface area contributed by atoms with Crippen molar-refractivity contribution < 1.29 is 0 Å². The third kappa shape index (κ3) is 3.07. The van der Waals surface area contributed by atoms with Gasteiger partial charge in [-0.2, -0.15) is 0 Å². The van der Waals surface area contributed by atoms with E-state index in [0.29, 0.717) is 6.04 Å². The molecule has 0 radical (unpaired) electrons. The molecule has 1 heterocycles. The van der Waals surface area contributed by atoms with Crippen LogP contribution in [-0.4, -0.2) is 23.5 Å². The topological polar surface area (TPSA) is 29.3 Å². The summed E-state index contributed by atoms with van der Waals surface area (Å²) in [6.45, 7) is 1.21. The van der Waals surface area contributed by atoms with E-state index in [1.54, 1.807) is 0 Å². The largest absolute Gasteiger partial charge is 0.326 e. The highest BCUT2D eigenvalue weighted by molar-refractivity contribution is 9.13. The van der Waals surface area contributed by atoms with E-state index >= 15 is 0 Å². The van der Waals surface area contributed by atoms with Crippen LogP contribution in [0.3, 0.4) is 0 Å². The summed E-state index contributed by atoms with van der Waals surface area (Å²) in [5.74, 6) is 0. The fourth-order valence-corrected chi connectivity index (χ4v) is 3.81. The molecular formula is C15H20Br2N2. The summed E-state index contributed by atoms with van der Waals surface area (Å²) in [5.41, 5.74) is 7.84. The molecule has 2 atom stereocenters. The van der Waals surface area contributed by atoms with E-state index in [9.17, 15) is 0 Å². The lowest BCUT2D eigenvalue weighted by molar-refractivity contribution is 0.175. The molecule has 104 valence electrons. The van der Waals surface area contributed by atoms with Crippen molar-refractivity contribution in [2.75, 3.05) is 6.54 Å². The number of rotatable bonds is 2. The van der Waals surface area contributed by atoms with E-state index in [0.717, 1.165) is 21.4 Å². The summed E-state index contributed by atoms with van der Waals surface area (Å²) in [5, 5.41) is 0.